The molecule has 0 fully saturated rings. The predicted octanol–water partition coefficient (Wildman–Crippen LogP) is 4.01. The highest BCUT2D eigenvalue weighted by atomic mass is 35.5. The van der Waals surface area contributed by atoms with Crippen molar-refractivity contribution in [2.75, 3.05) is 0 Å². The van der Waals surface area contributed by atoms with Crippen molar-refractivity contribution >= 4 is 23.4 Å². The second-order valence-corrected chi connectivity index (χ2v) is 7.45. The van der Waals surface area contributed by atoms with Crippen molar-refractivity contribution in [3.8, 4) is 0 Å². The number of pyridine rings is 1. The first-order chi connectivity index (χ1) is 14.5. The fraction of sp³-hybridized carbons (Fsp3) is 0.208. The lowest BCUT2D eigenvalue weighted by atomic mass is 10.0. The van der Waals surface area contributed by atoms with E-state index in [0.29, 0.717) is 24.5 Å². The van der Waals surface area contributed by atoms with Gasteiger partial charge in [-0.05, 0) is 35.4 Å². The van der Waals surface area contributed by atoms with Crippen LogP contribution in [0.3, 0.4) is 0 Å². The predicted molar refractivity (Wildman–Crippen MR) is 118 cm³/mol. The Hall–Kier alpha value is -3.18. The quantitative estimate of drug-likeness (QED) is 0.597. The molecule has 0 bridgehead atoms. The Balaban J connectivity index is 1.82. The first-order valence-corrected chi connectivity index (χ1v) is 10.1. The van der Waals surface area contributed by atoms with Gasteiger partial charge in [0.1, 0.15) is 6.04 Å². The van der Waals surface area contributed by atoms with Gasteiger partial charge in [0.2, 0.25) is 11.8 Å². The van der Waals surface area contributed by atoms with E-state index in [1.807, 2.05) is 60.7 Å². The fourth-order valence-corrected chi connectivity index (χ4v) is 3.33. The van der Waals surface area contributed by atoms with Crippen molar-refractivity contribution in [3.05, 3.63) is 101 Å². The molecule has 6 heteroatoms. The zero-order chi connectivity index (χ0) is 21.3. The van der Waals surface area contributed by atoms with Gasteiger partial charge in [-0.3, -0.25) is 14.6 Å². The molecule has 0 saturated heterocycles. The number of carbonyl (C=O) groups excluding carboxylic acids is 2. The van der Waals surface area contributed by atoms with Crippen molar-refractivity contribution in [2.24, 2.45) is 0 Å². The van der Waals surface area contributed by atoms with Crippen molar-refractivity contribution in [2.45, 2.75) is 32.5 Å². The maximum absolute atomic E-state index is 13.2. The third-order valence-electron chi connectivity index (χ3n) is 4.79. The molecule has 0 radical (unpaired) electrons. The van der Waals surface area contributed by atoms with Gasteiger partial charge in [-0.15, -0.1) is 0 Å². The molecule has 3 rings (SSSR count). The largest absolute Gasteiger partial charge is 0.349 e. The van der Waals surface area contributed by atoms with E-state index >= 15 is 0 Å². The summed E-state index contributed by atoms with van der Waals surface area (Å²) in [5.41, 5.74) is 2.65. The molecular weight excluding hydrogens is 398 g/mol. The highest BCUT2D eigenvalue weighted by molar-refractivity contribution is 6.30. The van der Waals surface area contributed by atoms with Crippen molar-refractivity contribution in [3.63, 3.8) is 0 Å². The van der Waals surface area contributed by atoms with Crippen molar-refractivity contribution < 1.29 is 9.59 Å². The van der Waals surface area contributed by atoms with E-state index < -0.39 is 6.04 Å². The topological polar surface area (TPSA) is 62.3 Å². The van der Waals surface area contributed by atoms with Crippen LogP contribution in [0.2, 0.25) is 5.02 Å². The molecule has 1 atom stereocenters. The molecule has 0 unspecified atom stereocenters. The van der Waals surface area contributed by atoms with Crippen LogP contribution in [-0.4, -0.2) is 27.7 Å². The van der Waals surface area contributed by atoms with Crippen LogP contribution in [0, 0.1) is 0 Å². The smallest absolute Gasteiger partial charge is 0.243 e. The van der Waals surface area contributed by atoms with E-state index in [2.05, 4.69) is 10.3 Å². The Morgan fingerprint density at radius 3 is 2.30 bits per heavy atom. The molecule has 0 aliphatic rings. The number of carbonyl (C=O) groups is 2. The summed E-state index contributed by atoms with van der Waals surface area (Å²) in [7, 11) is 0. The van der Waals surface area contributed by atoms with Gasteiger partial charge in [-0.2, -0.15) is 0 Å². The van der Waals surface area contributed by atoms with E-state index in [4.69, 9.17) is 11.6 Å². The van der Waals surface area contributed by atoms with Gasteiger partial charge in [0.25, 0.3) is 0 Å². The van der Waals surface area contributed by atoms with E-state index in [9.17, 15) is 9.59 Å². The number of hydrogen-bond acceptors (Lipinski definition) is 3. The molecule has 1 heterocycles. The summed E-state index contributed by atoms with van der Waals surface area (Å²) in [6.45, 7) is 2.11. The van der Waals surface area contributed by atoms with Crippen LogP contribution in [0.4, 0.5) is 0 Å². The number of benzene rings is 2. The minimum Gasteiger partial charge on any atom is -0.349 e. The van der Waals surface area contributed by atoms with Gasteiger partial charge in [0.15, 0.2) is 0 Å². The van der Waals surface area contributed by atoms with Gasteiger partial charge in [-0.25, -0.2) is 0 Å². The Bertz CT molecular complexity index is 963. The number of hydrogen-bond donors (Lipinski definition) is 1. The van der Waals surface area contributed by atoms with Gasteiger partial charge in [0.05, 0.1) is 12.2 Å². The molecular formula is C24H24ClN3O2. The van der Waals surface area contributed by atoms with E-state index in [1.54, 1.807) is 23.2 Å². The van der Waals surface area contributed by atoms with Crippen LogP contribution >= 0.6 is 11.6 Å². The van der Waals surface area contributed by atoms with Crippen LogP contribution < -0.4 is 5.32 Å². The summed E-state index contributed by atoms with van der Waals surface area (Å²) in [5.74, 6) is -0.382. The molecule has 0 aliphatic carbocycles. The Labute approximate surface area is 181 Å². The normalized spacial score (nSPS) is 11.5. The summed E-state index contributed by atoms with van der Waals surface area (Å²) in [4.78, 5) is 31.5. The van der Waals surface area contributed by atoms with Crippen LogP contribution in [0.15, 0.2) is 79.0 Å². The highest BCUT2D eigenvalue weighted by Gasteiger charge is 2.28. The van der Waals surface area contributed by atoms with Crippen LogP contribution in [0.5, 0.6) is 0 Å². The molecule has 3 aromatic rings. The second kappa shape index (κ2) is 10.6. The van der Waals surface area contributed by atoms with Crippen LogP contribution in [0.1, 0.15) is 23.7 Å². The molecule has 5 nitrogen and oxygen atoms in total. The van der Waals surface area contributed by atoms with Gasteiger partial charge >= 0.3 is 0 Å². The summed E-state index contributed by atoms with van der Waals surface area (Å²) >= 11 is 5.98. The molecule has 30 heavy (non-hydrogen) atoms. The SMILES string of the molecule is CC(=O)N(Cc1ccc(Cl)cc1)[C@H](Cc1ccccc1)C(=O)NCc1ccccn1. The first-order valence-electron chi connectivity index (χ1n) is 9.76. The molecule has 0 saturated carbocycles. The average Bonchev–Trinajstić information content (AvgIpc) is 2.77. The van der Waals surface area contributed by atoms with Crippen molar-refractivity contribution in [1.82, 2.24) is 15.2 Å². The monoisotopic (exact) mass is 421 g/mol. The standard InChI is InChI=1S/C24H24ClN3O2/c1-18(29)28(17-20-10-12-21(25)13-11-20)23(15-19-7-3-2-4-8-19)24(30)27-16-22-9-5-6-14-26-22/h2-14,23H,15-17H2,1H3,(H,27,30)/t23-/m1/s1. The number of halogens is 1. The van der Waals surface area contributed by atoms with Crippen LogP contribution in [0.25, 0.3) is 0 Å². The third kappa shape index (κ3) is 6.16. The highest BCUT2D eigenvalue weighted by Crippen LogP contribution is 2.16. The maximum atomic E-state index is 13.2. The lowest BCUT2D eigenvalue weighted by Gasteiger charge is -2.30. The molecule has 2 amide bonds. The van der Waals surface area contributed by atoms with Crippen molar-refractivity contribution in [1.29, 1.82) is 0 Å². The average molecular weight is 422 g/mol. The molecule has 1 aromatic heterocycles. The first kappa shape index (κ1) is 21.5. The number of amides is 2. The molecule has 0 aliphatic heterocycles. The van der Waals surface area contributed by atoms with Gasteiger partial charge in [-0.1, -0.05) is 60.1 Å². The maximum Gasteiger partial charge on any atom is 0.243 e. The zero-order valence-corrected chi connectivity index (χ0v) is 17.5. The Morgan fingerprint density at radius 1 is 0.967 bits per heavy atom. The van der Waals surface area contributed by atoms with E-state index in [-0.39, 0.29) is 11.8 Å². The molecule has 1 N–H and O–H groups in total. The summed E-state index contributed by atoms with van der Waals surface area (Å²) in [5, 5.41) is 3.56. The van der Waals surface area contributed by atoms with Gasteiger partial charge in [0, 0.05) is 31.1 Å². The number of nitrogens with one attached hydrogen (secondary N) is 1. The number of rotatable bonds is 8. The second-order valence-electron chi connectivity index (χ2n) is 7.02. The Morgan fingerprint density at radius 2 is 1.67 bits per heavy atom. The van der Waals surface area contributed by atoms with E-state index in [1.165, 1.54) is 6.92 Å². The zero-order valence-electron chi connectivity index (χ0n) is 16.8. The molecule has 2 aromatic carbocycles. The third-order valence-corrected chi connectivity index (χ3v) is 5.04. The minimum atomic E-state index is -0.649. The van der Waals surface area contributed by atoms with E-state index in [0.717, 1.165) is 16.8 Å². The summed E-state index contributed by atoms with van der Waals surface area (Å²) in [6.07, 6.45) is 2.10. The number of aromatic nitrogens is 1. The fourth-order valence-electron chi connectivity index (χ4n) is 3.21. The number of nitrogens with zero attached hydrogens (tertiary/aromatic N) is 2. The summed E-state index contributed by atoms with van der Waals surface area (Å²) < 4.78 is 0. The minimum absolute atomic E-state index is 0.168. The molecule has 154 valence electrons. The Kier molecular flexibility index (Phi) is 7.57. The van der Waals surface area contributed by atoms with Crippen LogP contribution in [-0.2, 0) is 29.1 Å². The van der Waals surface area contributed by atoms with Gasteiger partial charge < -0.3 is 10.2 Å². The summed E-state index contributed by atoms with van der Waals surface area (Å²) in [6, 6.07) is 21.9. The lowest BCUT2D eigenvalue weighted by molar-refractivity contribution is -0.139. The lowest BCUT2D eigenvalue weighted by Crippen LogP contribution is -2.49. The molecule has 0 spiro atoms.